The van der Waals surface area contributed by atoms with Crippen molar-refractivity contribution in [2.75, 3.05) is 12.8 Å². The van der Waals surface area contributed by atoms with Gasteiger partial charge in [-0.2, -0.15) is 0 Å². The Hall–Kier alpha value is -0.670. The van der Waals surface area contributed by atoms with E-state index < -0.39 is 0 Å². The van der Waals surface area contributed by atoms with Crippen molar-refractivity contribution in [2.24, 2.45) is 0 Å². The van der Waals surface area contributed by atoms with Crippen molar-refractivity contribution >= 4 is 35.0 Å². The van der Waals surface area contributed by atoms with Gasteiger partial charge in [-0.25, -0.2) is 0 Å². The number of aryl methyl sites for hydroxylation is 1. The third-order valence-corrected chi connectivity index (χ3v) is 5.12. The maximum absolute atomic E-state index is 6.25. The molecule has 1 nitrogen and oxygen atoms in total. The van der Waals surface area contributed by atoms with E-state index >= 15 is 0 Å². The Morgan fingerprint density at radius 2 is 1.81 bits per heavy atom. The van der Waals surface area contributed by atoms with Gasteiger partial charge in [0.2, 0.25) is 0 Å². The molecule has 0 saturated carbocycles. The Bertz CT molecular complexity index is 584. The summed E-state index contributed by atoms with van der Waals surface area (Å²) in [6.07, 6.45) is 0.894. The van der Waals surface area contributed by atoms with Gasteiger partial charge in [-0.05, 0) is 50.2 Å². The van der Waals surface area contributed by atoms with Crippen molar-refractivity contribution < 1.29 is 0 Å². The van der Waals surface area contributed by atoms with Crippen LogP contribution in [-0.4, -0.2) is 18.8 Å². The van der Waals surface area contributed by atoms with Crippen LogP contribution in [0, 0.1) is 6.92 Å². The van der Waals surface area contributed by atoms with E-state index in [-0.39, 0.29) is 0 Å². The summed E-state index contributed by atoms with van der Waals surface area (Å²) in [6.45, 7) is 2.10. The molecule has 21 heavy (non-hydrogen) atoms. The van der Waals surface area contributed by atoms with Crippen LogP contribution in [0.4, 0.5) is 0 Å². The van der Waals surface area contributed by atoms with Crippen molar-refractivity contribution in [1.82, 2.24) is 5.32 Å². The molecule has 2 aromatic rings. The molecule has 0 aliphatic rings. The molecule has 1 unspecified atom stereocenters. The summed E-state index contributed by atoms with van der Waals surface area (Å²) in [4.78, 5) is 1.29. The van der Waals surface area contributed by atoms with E-state index in [1.807, 2.05) is 30.9 Å². The fourth-order valence-electron chi connectivity index (χ4n) is 2.03. The van der Waals surface area contributed by atoms with Crippen molar-refractivity contribution in [3.63, 3.8) is 0 Å². The van der Waals surface area contributed by atoms with Crippen molar-refractivity contribution in [3.05, 3.63) is 63.6 Å². The smallest absolute Gasteiger partial charge is 0.0453 e. The number of hydrogen-bond donors (Lipinski definition) is 1. The molecule has 0 heterocycles. The topological polar surface area (TPSA) is 12.0 Å². The van der Waals surface area contributed by atoms with E-state index in [2.05, 4.69) is 36.5 Å². The van der Waals surface area contributed by atoms with Crippen LogP contribution in [0.15, 0.2) is 47.4 Å². The van der Waals surface area contributed by atoms with Crippen molar-refractivity contribution in [1.29, 1.82) is 0 Å². The molecule has 1 N–H and O–H groups in total. The first kappa shape index (κ1) is 16.7. The number of hydrogen-bond acceptors (Lipinski definition) is 2. The average molecular weight is 340 g/mol. The third kappa shape index (κ3) is 5.23. The highest BCUT2D eigenvalue weighted by Crippen LogP contribution is 2.24. The quantitative estimate of drug-likeness (QED) is 0.723. The van der Waals surface area contributed by atoms with E-state index in [1.165, 1.54) is 10.5 Å². The van der Waals surface area contributed by atoms with E-state index in [0.29, 0.717) is 11.1 Å². The monoisotopic (exact) mass is 339 g/mol. The molecule has 112 valence electrons. The summed E-state index contributed by atoms with van der Waals surface area (Å²) in [6, 6.07) is 14.7. The lowest BCUT2D eigenvalue weighted by Crippen LogP contribution is -2.30. The molecule has 1 atom stereocenters. The Kier molecular flexibility index (Phi) is 6.43. The minimum absolute atomic E-state index is 0.370. The van der Waals surface area contributed by atoms with Crippen LogP contribution in [0.1, 0.15) is 11.1 Å². The zero-order chi connectivity index (χ0) is 15.2. The van der Waals surface area contributed by atoms with Crippen LogP contribution in [0.2, 0.25) is 10.0 Å². The van der Waals surface area contributed by atoms with Crippen LogP contribution in [0.3, 0.4) is 0 Å². The summed E-state index contributed by atoms with van der Waals surface area (Å²) in [5, 5.41) is 4.78. The van der Waals surface area contributed by atoms with Gasteiger partial charge in [-0.3, -0.25) is 0 Å². The first-order valence-electron chi connectivity index (χ1n) is 6.89. The number of rotatable bonds is 6. The molecule has 0 aliphatic heterocycles. The Balaban J connectivity index is 1.95. The minimum atomic E-state index is 0.370. The number of benzene rings is 2. The van der Waals surface area contributed by atoms with Gasteiger partial charge >= 0.3 is 0 Å². The highest BCUT2D eigenvalue weighted by atomic mass is 35.5. The second-order valence-corrected chi connectivity index (χ2v) is 6.99. The summed E-state index contributed by atoms with van der Waals surface area (Å²) in [7, 11) is 1.99. The highest BCUT2D eigenvalue weighted by molar-refractivity contribution is 7.99. The molecule has 2 rings (SSSR count). The van der Waals surface area contributed by atoms with E-state index in [0.717, 1.165) is 22.8 Å². The first-order chi connectivity index (χ1) is 10.1. The molecule has 4 heteroatoms. The lowest BCUT2D eigenvalue weighted by atomic mass is 10.1. The molecule has 0 saturated heterocycles. The molecule has 0 aromatic heterocycles. The maximum atomic E-state index is 6.25. The Morgan fingerprint density at radius 3 is 2.43 bits per heavy atom. The molecule has 0 fully saturated rings. The van der Waals surface area contributed by atoms with Crippen molar-refractivity contribution in [3.8, 4) is 0 Å². The summed E-state index contributed by atoms with van der Waals surface area (Å²) >= 11 is 14.0. The summed E-state index contributed by atoms with van der Waals surface area (Å²) in [5.41, 5.74) is 2.42. The second kappa shape index (κ2) is 8.09. The van der Waals surface area contributed by atoms with Gasteiger partial charge in [0.15, 0.2) is 0 Å². The van der Waals surface area contributed by atoms with Crippen LogP contribution < -0.4 is 5.32 Å². The zero-order valence-electron chi connectivity index (χ0n) is 12.2. The fraction of sp³-hybridized carbons (Fsp3) is 0.294. The predicted molar refractivity (Wildman–Crippen MR) is 94.9 cm³/mol. The normalized spacial score (nSPS) is 12.4. The largest absolute Gasteiger partial charge is 0.316 e. The van der Waals surface area contributed by atoms with Gasteiger partial charge < -0.3 is 5.32 Å². The fourth-order valence-corrected chi connectivity index (χ4v) is 3.52. The Labute approximate surface area is 141 Å². The number of nitrogens with one attached hydrogen (secondary N) is 1. The number of likely N-dealkylation sites (N-methyl/N-ethyl adjacent to an activating group) is 1. The van der Waals surface area contributed by atoms with Crippen LogP contribution in [0.5, 0.6) is 0 Å². The standard InChI is InChI=1S/C17H19Cl2NS/c1-12-3-7-16(8-4-12)21-11-15(20-2)9-13-5-6-14(18)10-17(13)19/h3-8,10,15,20H,9,11H2,1-2H3. The molecule has 0 amide bonds. The molecule has 2 aromatic carbocycles. The zero-order valence-corrected chi connectivity index (χ0v) is 14.5. The van der Waals surface area contributed by atoms with Gasteiger partial charge in [0.1, 0.15) is 0 Å². The van der Waals surface area contributed by atoms with E-state index in [1.54, 1.807) is 6.07 Å². The number of thioether (sulfide) groups is 1. The van der Waals surface area contributed by atoms with Crippen LogP contribution >= 0.6 is 35.0 Å². The average Bonchev–Trinajstić information content (AvgIpc) is 2.47. The van der Waals surface area contributed by atoms with E-state index in [4.69, 9.17) is 23.2 Å². The Morgan fingerprint density at radius 1 is 1.10 bits per heavy atom. The molecule has 0 spiro atoms. The molecule has 0 radical (unpaired) electrons. The van der Waals surface area contributed by atoms with Crippen LogP contribution in [-0.2, 0) is 6.42 Å². The highest BCUT2D eigenvalue weighted by Gasteiger charge is 2.11. The molecular weight excluding hydrogens is 321 g/mol. The van der Waals surface area contributed by atoms with Gasteiger partial charge in [0, 0.05) is 26.7 Å². The lowest BCUT2D eigenvalue weighted by Gasteiger charge is -2.17. The van der Waals surface area contributed by atoms with E-state index in [9.17, 15) is 0 Å². The first-order valence-corrected chi connectivity index (χ1v) is 8.63. The molecule has 0 aliphatic carbocycles. The minimum Gasteiger partial charge on any atom is -0.316 e. The van der Waals surface area contributed by atoms with Crippen molar-refractivity contribution in [2.45, 2.75) is 24.3 Å². The third-order valence-electron chi connectivity index (χ3n) is 3.36. The molecular formula is C17H19Cl2NS. The van der Waals surface area contributed by atoms with Gasteiger partial charge in [0.25, 0.3) is 0 Å². The SMILES string of the molecule is CNC(CSc1ccc(C)cc1)Cc1ccc(Cl)cc1Cl. The second-order valence-electron chi connectivity index (χ2n) is 5.05. The number of halogens is 2. The van der Waals surface area contributed by atoms with Gasteiger partial charge in [-0.15, -0.1) is 11.8 Å². The lowest BCUT2D eigenvalue weighted by molar-refractivity contribution is 0.617. The van der Waals surface area contributed by atoms with Gasteiger partial charge in [0.05, 0.1) is 0 Å². The van der Waals surface area contributed by atoms with Crippen LogP contribution in [0.25, 0.3) is 0 Å². The molecule has 0 bridgehead atoms. The summed E-state index contributed by atoms with van der Waals surface area (Å²) in [5.74, 6) is 0.999. The maximum Gasteiger partial charge on any atom is 0.0453 e. The predicted octanol–water partition coefficient (Wildman–Crippen LogP) is 5.22. The van der Waals surface area contributed by atoms with Gasteiger partial charge in [-0.1, -0.05) is 47.0 Å². The summed E-state index contributed by atoms with van der Waals surface area (Å²) < 4.78 is 0.